The van der Waals surface area contributed by atoms with Crippen LogP contribution in [0, 0.1) is 6.92 Å². The SMILES string of the molecule is Cc1ccc(S(=O)(=O)N2CCCC2C(=O)N(C)Cc2ccccc2Br)cc1. The number of carbonyl (C=O) groups is 1. The van der Waals surface area contributed by atoms with Crippen molar-refractivity contribution in [2.75, 3.05) is 13.6 Å². The van der Waals surface area contributed by atoms with Crippen LogP contribution in [-0.4, -0.2) is 43.2 Å². The quantitative estimate of drug-likeness (QED) is 0.699. The Morgan fingerprint density at radius 3 is 2.52 bits per heavy atom. The van der Waals surface area contributed by atoms with E-state index in [1.54, 1.807) is 36.2 Å². The molecule has 0 aromatic heterocycles. The smallest absolute Gasteiger partial charge is 0.243 e. The lowest BCUT2D eigenvalue weighted by Gasteiger charge is -2.28. The highest BCUT2D eigenvalue weighted by atomic mass is 79.9. The summed E-state index contributed by atoms with van der Waals surface area (Å²) in [6.45, 7) is 2.71. The Labute approximate surface area is 169 Å². The molecular weight excluding hydrogens is 428 g/mol. The van der Waals surface area contributed by atoms with Crippen LogP contribution < -0.4 is 0 Å². The average molecular weight is 451 g/mol. The first kappa shape index (κ1) is 20.0. The van der Waals surface area contributed by atoms with E-state index in [1.165, 1.54) is 4.31 Å². The summed E-state index contributed by atoms with van der Waals surface area (Å²) in [5, 5.41) is 0. The topological polar surface area (TPSA) is 57.7 Å². The first-order valence-corrected chi connectivity index (χ1v) is 11.1. The van der Waals surface area contributed by atoms with E-state index in [-0.39, 0.29) is 10.8 Å². The molecule has 1 aliphatic heterocycles. The third-order valence-electron chi connectivity index (χ3n) is 4.86. The van der Waals surface area contributed by atoms with Gasteiger partial charge in [0.1, 0.15) is 6.04 Å². The van der Waals surface area contributed by atoms with Gasteiger partial charge in [-0.2, -0.15) is 4.31 Å². The minimum Gasteiger partial charge on any atom is -0.340 e. The average Bonchev–Trinajstić information content (AvgIpc) is 3.14. The Morgan fingerprint density at radius 2 is 1.85 bits per heavy atom. The molecular formula is C20H23BrN2O3S. The second kappa shape index (κ2) is 8.12. The molecule has 27 heavy (non-hydrogen) atoms. The van der Waals surface area contributed by atoms with Gasteiger partial charge in [-0.05, 0) is 43.5 Å². The molecule has 1 saturated heterocycles. The normalized spacial score (nSPS) is 17.8. The first-order valence-electron chi connectivity index (χ1n) is 8.87. The summed E-state index contributed by atoms with van der Waals surface area (Å²) < 4.78 is 28.4. The van der Waals surface area contributed by atoms with Crippen molar-refractivity contribution in [3.8, 4) is 0 Å². The van der Waals surface area contributed by atoms with Crippen molar-refractivity contribution in [2.24, 2.45) is 0 Å². The van der Waals surface area contributed by atoms with Gasteiger partial charge in [-0.1, -0.05) is 51.8 Å². The van der Waals surface area contributed by atoms with Gasteiger partial charge in [-0.15, -0.1) is 0 Å². The molecule has 1 aliphatic rings. The predicted octanol–water partition coefficient (Wildman–Crippen LogP) is 3.57. The molecule has 2 aromatic rings. The number of halogens is 1. The maximum absolute atomic E-state index is 13.0. The van der Waals surface area contributed by atoms with Crippen molar-refractivity contribution in [2.45, 2.75) is 37.2 Å². The number of sulfonamides is 1. The maximum Gasteiger partial charge on any atom is 0.243 e. The maximum atomic E-state index is 13.0. The van der Waals surface area contributed by atoms with Gasteiger partial charge in [0.05, 0.1) is 4.90 Å². The third-order valence-corrected chi connectivity index (χ3v) is 7.55. The van der Waals surface area contributed by atoms with Crippen molar-refractivity contribution in [3.63, 3.8) is 0 Å². The number of nitrogens with zero attached hydrogens (tertiary/aromatic N) is 2. The fourth-order valence-corrected chi connectivity index (χ4v) is 5.40. The molecule has 3 rings (SSSR count). The summed E-state index contributed by atoms with van der Waals surface area (Å²) in [5.41, 5.74) is 1.98. The molecule has 0 N–H and O–H groups in total. The van der Waals surface area contributed by atoms with Crippen molar-refractivity contribution in [1.29, 1.82) is 0 Å². The number of hydrogen-bond donors (Lipinski definition) is 0. The molecule has 1 amide bonds. The lowest BCUT2D eigenvalue weighted by Crippen LogP contribution is -2.46. The van der Waals surface area contributed by atoms with Crippen LogP contribution in [-0.2, 0) is 21.4 Å². The molecule has 144 valence electrons. The van der Waals surface area contributed by atoms with Gasteiger partial charge in [0.15, 0.2) is 0 Å². The molecule has 0 spiro atoms. The molecule has 1 unspecified atom stereocenters. The van der Waals surface area contributed by atoms with Gasteiger partial charge in [0, 0.05) is 24.6 Å². The molecule has 7 heteroatoms. The number of carbonyl (C=O) groups excluding carboxylic acids is 1. The van der Waals surface area contributed by atoms with Crippen LogP contribution >= 0.6 is 15.9 Å². The van der Waals surface area contributed by atoms with Gasteiger partial charge < -0.3 is 4.90 Å². The Hall–Kier alpha value is -1.70. The van der Waals surface area contributed by atoms with Gasteiger partial charge in [0.2, 0.25) is 15.9 Å². The highest BCUT2D eigenvalue weighted by Crippen LogP contribution is 2.28. The van der Waals surface area contributed by atoms with Crippen LogP contribution in [0.5, 0.6) is 0 Å². The lowest BCUT2D eigenvalue weighted by atomic mass is 10.1. The van der Waals surface area contributed by atoms with Crippen LogP contribution in [0.3, 0.4) is 0 Å². The van der Waals surface area contributed by atoms with Crippen LogP contribution in [0.15, 0.2) is 57.9 Å². The minimum absolute atomic E-state index is 0.168. The zero-order chi connectivity index (χ0) is 19.6. The van der Waals surface area contributed by atoms with E-state index >= 15 is 0 Å². The zero-order valence-electron chi connectivity index (χ0n) is 15.4. The summed E-state index contributed by atoms with van der Waals surface area (Å²) in [4.78, 5) is 14.9. The minimum atomic E-state index is -3.69. The highest BCUT2D eigenvalue weighted by Gasteiger charge is 2.40. The molecule has 0 bridgehead atoms. The number of benzene rings is 2. The zero-order valence-corrected chi connectivity index (χ0v) is 17.8. The van der Waals surface area contributed by atoms with Crippen LogP contribution in [0.2, 0.25) is 0 Å². The number of aryl methyl sites for hydroxylation is 1. The molecule has 5 nitrogen and oxygen atoms in total. The van der Waals surface area contributed by atoms with Crippen molar-refractivity contribution < 1.29 is 13.2 Å². The predicted molar refractivity (Wildman–Crippen MR) is 109 cm³/mol. The summed E-state index contributed by atoms with van der Waals surface area (Å²) in [6, 6.07) is 13.8. The number of hydrogen-bond acceptors (Lipinski definition) is 3. The molecule has 1 fully saturated rings. The summed E-state index contributed by atoms with van der Waals surface area (Å²) in [5.74, 6) is -0.168. The molecule has 0 radical (unpaired) electrons. The van der Waals surface area contributed by atoms with E-state index < -0.39 is 16.1 Å². The Bertz CT molecular complexity index is 928. The van der Waals surface area contributed by atoms with E-state index in [0.717, 1.165) is 15.6 Å². The van der Waals surface area contributed by atoms with Crippen molar-refractivity contribution in [3.05, 3.63) is 64.1 Å². The van der Waals surface area contributed by atoms with Crippen molar-refractivity contribution in [1.82, 2.24) is 9.21 Å². The summed E-state index contributed by atoms with van der Waals surface area (Å²) in [6.07, 6.45) is 1.23. The van der Waals surface area contributed by atoms with Crippen LogP contribution in [0.4, 0.5) is 0 Å². The Kier molecular flexibility index (Phi) is 6.03. The Morgan fingerprint density at radius 1 is 1.19 bits per heavy atom. The third kappa shape index (κ3) is 4.25. The van der Waals surface area contributed by atoms with Gasteiger partial charge in [-0.25, -0.2) is 8.42 Å². The largest absolute Gasteiger partial charge is 0.340 e. The summed E-state index contributed by atoms with van der Waals surface area (Å²) in [7, 11) is -1.97. The van der Waals surface area contributed by atoms with Crippen molar-refractivity contribution >= 4 is 31.9 Å². The molecule has 1 heterocycles. The highest BCUT2D eigenvalue weighted by molar-refractivity contribution is 9.10. The lowest BCUT2D eigenvalue weighted by molar-refractivity contribution is -0.133. The summed E-state index contributed by atoms with van der Waals surface area (Å²) >= 11 is 3.49. The fourth-order valence-electron chi connectivity index (χ4n) is 3.33. The van der Waals surface area contributed by atoms with E-state index in [4.69, 9.17) is 0 Å². The Balaban J connectivity index is 1.80. The number of rotatable bonds is 5. The van der Waals surface area contributed by atoms with E-state index in [9.17, 15) is 13.2 Å². The number of amides is 1. The van der Waals surface area contributed by atoms with Gasteiger partial charge in [0.25, 0.3) is 0 Å². The second-order valence-corrected chi connectivity index (χ2v) is 9.62. The monoisotopic (exact) mass is 450 g/mol. The van der Waals surface area contributed by atoms with E-state index in [1.807, 2.05) is 31.2 Å². The van der Waals surface area contributed by atoms with E-state index in [0.29, 0.717) is 25.9 Å². The molecule has 0 aliphatic carbocycles. The van der Waals surface area contributed by atoms with Crippen LogP contribution in [0.1, 0.15) is 24.0 Å². The van der Waals surface area contributed by atoms with Gasteiger partial charge in [-0.3, -0.25) is 4.79 Å². The van der Waals surface area contributed by atoms with Gasteiger partial charge >= 0.3 is 0 Å². The first-order chi connectivity index (χ1) is 12.8. The van der Waals surface area contributed by atoms with Crippen LogP contribution in [0.25, 0.3) is 0 Å². The standard InChI is InChI=1S/C20H23BrN2O3S/c1-15-9-11-17(12-10-15)27(25,26)23-13-5-8-19(23)20(24)22(2)14-16-6-3-4-7-18(16)21/h3-4,6-7,9-12,19H,5,8,13-14H2,1-2H3. The molecule has 0 saturated carbocycles. The van der Waals surface area contributed by atoms with E-state index in [2.05, 4.69) is 15.9 Å². The fraction of sp³-hybridized carbons (Fsp3) is 0.350. The molecule has 1 atom stereocenters. The molecule has 2 aromatic carbocycles. The second-order valence-electron chi connectivity index (χ2n) is 6.87. The number of likely N-dealkylation sites (N-methyl/N-ethyl adjacent to an activating group) is 1.